The van der Waals surface area contributed by atoms with E-state index < -0.39 is 0 Å². The summed E-state index contributed by atoms with van der Waals surface area (Å²) in [6.07, 6.45) is 0. The van der Waals surface area contributed by atoms with Crippen LogP contribution in [0.15, 0.2) is 101 Å². The summed E-state index contributed by atoms with van der Waals surface area (Å²) in [4.78, 5) is 0. The van der Waals surface area contributed by atoms with E-state index in [4.69, 9.17) is 28.4 Å². The Hall–Kier alpha value is -4.56. The number of para-hydroxylation sites is 4. The lowest BCUT2D eigenvalue weighted by molar-refractivity contribution is 0.0744. The Morgan fingerprint density at radius 3 is 1.56 bits per heavy atom. The molecule has 0 unspecified atom stereocenters. The minimum atomic E-state index is 0.265. The number of hydrogen-bond acceptors (Lipinski definition) is 8. The molecule has 0 aromatic heterocycles. The van der Waals surface area contributed by atoms with Crippen LogP contribution >= 0.6 is 0 Å². The average Bonchev–Trinajstić information content (AvgIpc) is 2.98. The molecule has 0 aliphatic carbocycles. The van der Waals surface area contributed by atoms with Crippen molar-refractivity contribution in [2.24, 2.45) is 10.2 Å². The molecule has 39 heavy (non-hydrogen) atoms. The second-order valence-corrected chi connectivity index (χ2v) is 8.60. The van der Waals surface area contributed by atoms with Crippen molar-refractivity contribution in [2.45, 2.75) is 13.2 Å². The maximum Gasteiger partial charge on any atom is 0.161 e. The second kappa shape index (κ2) is 13.3. The molecule has 1 heterocycles. The van der Waals surface area contributed by atoms with Crippen molar-refractivity contribution in [3.8, 4) is 28.7 Å². The molecule has 1 aliphatic heterocycles. The van der Waals surface area contributed by atoms with Crippen molar-refractivity contribution in [1.82, 2.24) is 0 Å². The van der Waals surface area contributed by atoms with E-state index in [1.165, 1.54) is 0 Å². The van der Waals surface area contributed by atoms with Crippen LogP contribution < -0.4 is 23.7 Å². The van der Waals surface area contributed by atoms with Gasteiger partial charge in [0.1, 0.15) is 32.2 Å². The first-order valence-corrected chi connectivity index (χ1v) is 12.7. The summed E-state index contributed by atoms with van der Waals surface area (Å²) in [6.45, 7) is 2.15. The molecule has 0 fully saturated rings. The number of ether oxygens (including phenoxy) is 6. The molecular weight excluding hydrogens is 496 g/mol. The predicted octanol–water partition coefficient (Wildman–Crippen LogP) is 7.06. The second-order valence-electron chi connectivity index (χ2n) is 8.60. The van der Waals surface area contributed by atoms with E-state index in [-0.39, 0.29) is 13.2 Å². The Labute approximate surface area is 227 Å². The molecule has 0 spiro atoms. The van der Waals surface area contributed by atoms with Gasteiger partial charge in [0, 0.05) is 11.1 Å². The van der Waals surface area contributed by atoms with Gasteiger partial charge in [0.25, 0.3) is 0 Å². The van der Waals surface area contributed by atoms with E-state index in [1.54, 1.807) is 7.11 Å². The van der Waals surface area contributed by atoms with Gasteiger partial charge in [-0.25, -0.2) is 0 Å². The number of azo groups is 1. The van der Waals surface area contributed by atoms with Gasteiger partial charge < -0.3 is 28.4 Å². The van der Waals surface area contributed by atoms with Crippen LogP contribution in [0.4, 0.5) is 11.4 Å². The molecule has 0 saturated heterocycles. The maximum absolute atomic E-state index is 6.21. The summed E-state index contributed by atoms with van der Waals surface area (Å²) >= 11 is 0. The van der Waals surface area contributed by atoms with Crippen molar-refractivity contribution in [3.63, 3.8) is 0 Å². The third kappa shape index (κ3) is 7.06. The lowest BCUT2D eigenvalue weighted by Gasteiger charge is -2.17. The minimum Gasteiger partial charge on any atom is -0.497 e. The molecule has 0 atom stereocenters. The summed E-state index contributed by atoms with van der Waals surface area (Å²) in [5.74, 6) is 3.32. The van der Waals surface area contributed by atoms with Crippen LogP contribution in [0.2, 0.25) is 0 Å². The van der Waals surface area contributed by atoms with Crippen LogP contribution in [0.5, 0.6) is 28.7 Å². The maximum atomic E-state index is 6.21. The Kier molecular flexibility index (Phi) is 8.89. The molecule has 0 amide bonds. The largest absolute Gasteiger partial charge is 0.497 e. The molecule has 0 saturated carbocycles. The van der Waals surface area contributed by atoms with Gasteiger partial charge in [-0.15, -0.1) is 5.11 Å². The quantitative estimate of drug-likeness (QED) is 0.266. The summed E-state index contributed by atoms with van der Waals surface area (Å²) in [7, 11) is 1.63. The van der Waals surface area contributed by atoms with Crippen LogP contribution in [0.3, 0.4) is 0 Å². The van der Waals surface area contributed by atoms with Crippen LogP contribution in [-0.2, 0) is 18.0 Å². The molecule has 5 rings (SSSR count). The van der Waals surface area contributed by atoms with Gasteiger partial charge in [-0.05, 0) is 48.5 Å². The fourth-order valence-corrected chi connectivity index (χ4v) is 3.97. The lowest BCUT2D eigenvalue weighted by atomic mass is 10.1. The van der Waals surface area contributed by atoms with E-state index in [1.807, 2.05) is 91.0 Å². The molecule has 0 radical (unpaired) electrons. The van der Waals surface area contributed by atoms with Gasteiger partial charge in [-0.3, -0.25) is 0 Å². The highest BCUT2D eigenvalue weighted by molar-refractivity contribution is 5.54. The molecular formula is C31H30N2O6. The Bertz CT molecular complexity index is 1320. The SMILES string of the molecule is COc1ccc(N=Nc2c3cccc2COc2ccccc2OCCOCCOc2ccccc2OC3)cc1. The number of nitrogens with zero attached hydrogens (tertiary/aromatic N) is 2. The van der Waals surface area contributed by atoms with Gasteiger partial charge in [-0.1, -0.05) is 42.5 Å². The topological polar surface area (TPSA) is 80.1 Å². The predicted molar refractivity (Wildman–Crippen MR) is 147 cm³/mol. The van der Waals surface area contributed by atoms with E-state index >= 15 is 0 Å². The van der Waals surface area contributed by atoms with Crippen molar-refractivity contribution >= 4 is 11.4 Å². The van der Waals surface area contributed by atoms with E-state index in [0.717, 1.165) is 16.9 Å². The zero-order valence-corrected chi connectivity index (χ0v) is 21.7. The standard InChI is InChI=1S/C31H30N2O6/c1-34-26-15-13-25(14-16-26)32-33-31-23-7-6-8-24(31)22-39-30-12-5-3-10-28(30)37-20-18-35-17-19-36-27-9-2-4-11-29(27)38-21-23/h2-16H,17-22H2,1H3. The summed E-state index contributed by atoms with van der Waals surface area (Å²) < 4.78 is 35.2. The summed E-state index contributed by atoms with van der Waals surface area (Å²) in [5.41, 5.74) is 3.10. The minimum absolute atomic E-state index is 0.265. The third-order valence-corrected chi connectivity index (χ3v) is 5.98. The van der Waals surface area contributed by atoms with Crippen molar-refractivity contribution in [3.05, 3.63) is 102 Å². The molecule has 8 nitrogen and oxygen atoms in total. The van der Waals surface area contributed by atoms with Crippen LogP contribution in [0.25, 0.3) is 0 Å². The van der Waals surface area contributed by atoms with Crippen molar-refractivity contribution in [1.29, 1.82) is 0 Å². The van der Waals surface area contributed by atoms with Gasteiger partial charge in [0.05, 0.1) is 31.7 Å². The van der Waals surface area contributed by atoms with Crippen LogP contribution in [0, 0.1) is 0 Å². The molecule has 2 bridgehead atoms. The van der Waals surface area contributed by atoms with Crippen LogP contribution in [0.1, 0.15) is 11.1 Å². The van der Waals surface area contributed by atoms with E-state index in [0.29, 0.717) is 60.8 Å². The highest BCUT2D eigenvalue weighted by Gasteiger charge is 2.14. The van der Waals surface area contributed by atoms with Gasteiger partial charge >= 0.3 is 0 Å². The van der Waals surface area contributed by atoms with E-state index in [9.17, 15) is 0 Å². The van der Waals surface area contributed by atoms with Crippen molar-refractivity contribution < 1.29 is 28.4 Å². The number of benzene rings is 4. The number of fused-ring (bicyclic) bond motifs is 4. The Balaban J connectivity index is 1.47. The van der Waals surface area contributed by atoms with E-state index in [2.05, 4.69) is 10.2 Å². The highest BCUT2D eigenvalue weighted by atomic mass is 16.6. The molecule has 8 heteroatoms. The summed E-state index contributed by atoms with van der Waals surface area (Å²) in [5, 5.41) is 9.13. The normalized spacial score (nSPS) is 14.3. The number of methoxy groups -OCH3 is 1. The Morgan fingerprint density at radius 2 is 1.05 bits per heavy atom. The lowest BCUT2D eigenvalue weighted by Crippen LogP contribution is -2.13. The average molecular weight is 527 g/mol. The molecule has 4 aromatic rings. The molecule has 200 valence electrons. The first-order valence-electron chi connectivity index (χ1n) is 12.7. The van der Waals surface area contributed by atoms with Crippen LogP contribution in [-0.4, -0.2) is 33.5 Å². The fraction of sp³-hybridized carbons (Fsp3) is 0.226. The first-order chi connectivity index (χ1) is 19.3. The zero-order valence-electron chi connectivity index (χ0n) is 21.7. The van der Waals surface area contributed by atoms with Crippen molar-refractivity contribution in [2.75, 3.05) is 33.5 Å². The smallest absolute Gasteiger partial charge is 0.161 e. The number of hydrogen-bond donors (Lipinski definition) is 0. The molecule has 4 aromatic carbocycles. The van der Waals surface area contributed by atoms with Gasteiger partial charge in [-0.2, -0.15) is 5.11 Å². The van der Waals surface area contributed by atoms with Gasteiger partial charge in [0.15, 0.2) is 23.0 Å². The summed E-state index contributed by atoms with van der Waals surface area (Å²) in [6, 6.07) is 28.5. The van der Waals surface area contributed by atoms with Gasteiger partial charge in [0.2, 0.25) is 0 Å². The monoisotopic (exact) mass is 526 g/mol. The Morgan fingerprint density at radius 1 is 0.538 bits per heavy atom. The molecule has 0 N–H and O–H groups in total. The third-order valence-electron chi connectivity index (χ3n) is 5.98. The highest BCUT2D eigenvalue weighted by Crippen LogP contribution is 2.33. The number of rotatable bonds is 3. The first kappa shape index (κ1) is 26.1. The fourth-order valence-electron chi connectivity index (χ4n) is 3.97. The zero-order chi connectivity index (χ0) is 26.7. The molecule has 1 aliphatic rings.